The highest BCUT2D eigenvalue weighted by Gasteiger charge is 2.45. The third kappa shape index (κ3) is 4.21. The zero-order chi connectivity index (χ0) is 23.7. The number of allylic oxidation sites excluding steroid dienone is 1. The van der Waals surface area contributed by atoms with Crippen LogP contribution in [0.3, 0.4) is 0 Å². The molecule has 2 atom stereocenters. The number of hydrazone groups is 1. The van der Waals surface area contributed by atoms with Gasteiger partial charge in [0, 0.05) is 5.92 Å². The molecule has 2 aliphatic rings. The summed E-state index contributed by atoms with van der Waals surface area (Å²) in [4.78, 5) is 25.9. The van der Waals surface area contributed by atoms with Crippen LogP contribution in [0.5, 0.6) is 0 Å². The maximum absolute atomic E-state index is 13.3. The van der Waals surface area contributed by atoms with Crippen LogP contribution >= 0.6 is 0 Å². The SMILES string of the molecule is Cc1ccc(C(=O)OCC(=O)N2N=C3C(=Cc4ccco4)CCCC3C2c2ccco2)c(C)c1. The number of hydrogen-bond acceptors (Lipinski definition) is 6. The standard InChI is InChI=1S/C27H26N2O5/c1-17-10-11-21(18(2)14-17)27(31)34-16-24(30)29-26(23-9-5-13-33-23)22-8-3-6-19(25(22)28-29)15-20-7-4-12-32-20/h4-5,7,9-15,22,26H,3,6,8,16H2,1-2H3. The minimum Gasteiger partial charge on any atom is -0.467 e. The van der Waals surface area contributed by atoms with E-state index in [0.29, 0.717) is 11.3 Å². The average molecular weight is 459 g/mol. The number of benzene rings is 1. The van der Waals surface area contributed by atoms with Crippen LogP contribution in [-0.4, -0.2) is 29.2 Å². The molecule has 0 N–H and O–H groups in total. The van der Waals surface area contributed by atoms with E-state index >= 15 is 0 Å². The van der Waals surface area contributed by atoms with E-state index < -0.39 is 18.5 Å². The Hall–Kier alpha value is -3.87. The molecular formula is C27H26N2O5. The van der Waals surface area contributed by atoms with Crippen LogP contribution in [0.25, 0.3) is 6.08 Å². The van der Waals surface area contributed by atoms with Gasteiger partial charge in [0.15, 0.2) is 6.61 Å². The van der Waals surface area contributed by atoms with Crippen molar-refractivity contribution in [1.82, 2.24) is 5.01 Å². The second-order valence-corrected chi connectivity index (χ2v) is 8.76. The van der Waals surface area contributed by atoms with E-state index in [1.54, 1.807) is 24.7 Å². The number of carbonyl (C=O) groups excluding carboxylic acids is 2. The Bertz CT molecular complexity index is 1250. The third-order valence-electron chi connectivity index (χ3n) is 6.38. The highest BCUT2D eigenvalue weighted by Crippen LogP contribution is 2.44. The van der Waals surface area contributed by atoms with Gasteiger partial charge in [-0.3, -0.25) is 4.79 Å². The predicted octanol–water partition coefficient (Wildman–Crippen LogP) is 5.47. The molecule has 1 aromatic carbocycles. The van der Waals surface area contributed by atoms with Crippen molar-refractivity contribution in [3.63, 3.8) is 0 Å². The maximum atomic E-state index is 13.3. The molecule has 7 nitrogen and oxygen atoms in total. The van der Waals surface area contributed by atoms with Crippen molar-refractivity contribution in [3.05, 3.63) is 88.8 Å². The predicted molar refractivity (Wildman–Crippen MR) is 126 cm³/mol. The fourth-order valence-electron chi connectivity index (χ4n) is 4.80. The Labute approximate surface area is 197 Å². The normalized spacial score (nSPS) is 20.8. The second-order valence-electron chi connectivity index (χ2n) is 8.76. The first-order valence-electron chi connectivity index (χ1n) is 11.4. The number of aryl methyl sites for hydroxylation is 2. The van der Waals surface area contributed by atoms with Gasteiger partial charge in [-0.05, 0) is 80.7 Å². The third-order valence-corrected chi connectivity index (χ3v) is 6.38. The van der Waals surface area contributed by atoms with Crippen LogP contribution in [-0.2, 0) is 9.53 Å². The minimum atomic E-state index is -0.525. The highest BCUT2D eigenvalue weighted by molar-refractivity contribution is 6.08. The van der Waals surface area contributed by atoms with Crippen molar-refractivity contribution >= 4 is 23.7 Å². The van der Waals surface area contributed by atoms with Gasteiger partial charge in [0.25, 0.3) is 5.91 Å². The van der Waals surface area contributed by atoms with Gasteiger partial charge >= 0.3 is 5.97 Å². The number of fused-ring (bicyclic) bond motifs is 1. The van der Waals surface area contributed by atoms with Gasteiger partial charge in [0.05, 0.1) is 23.8 Å². The quantitative estimate of drug-likeness (QED) is 0.473. The summed E-state index contributed by atoms with van der Waals surface area (Å²) in [6.45, 7) is 3.41. The Morgan fingerprint density at radius 3 is 2.71 bits per heavy atom. The zero-order valence-electron chi connectivity index (χ0n) is 19.2. The first-order chi connectivity index (χ1) is 16.5. The number of hydrogen-bond donors (Lipinski definition) is 0. The summed E-state index contributed by atoms with van der Waals surface area (Å²) in [5, 5.41) is 6.15. The van der Waals surface area contributed by atoms with Crippen molar-refractivity contribution in [1.29, 1.82) is 0 Å². The number of furan rings is 2. The van der Waals surface area contributed by atoms with Crippen molar-refractivity contribution < 1.29 is 23.2 Å². The molecule has 0 saturated heterocycles. The number of amides is 1. The molecule has 3 heterocycles. The van der Waals surface area contributed by atoms with Gasteiger partial charge in [0.1, 0.15) is 17.6 Å². The molecule has 0 radical (unpaired) electrons. The molecule has 34 heavy (non-hydrogen) atoms. The first-order valence-corrected chi connectivity index (χ1v) is 11.4. The Kier molecular flexibility index (Phi) is 5.92. The number of rotatable bonds is 5. The largest absolute Gasteiger partial charge is 0.467 e. The molecule has 1 fully saturated rings. The summed E-state index contributed by atoms with van der Waals surface area (Å²) in [5.41, 5.74) is 4.22. The van der Waals surface area contributed by atoms with Crippen LogP contribution in [0, 0.1) is 19.8 Å². The van der Waals surface area contributed by atoms with E-state index in [1.807, 2.05) is 50.3 Å². The average Bonchev–Trinajstić information content (AvgIpc) is 3.58. The highest BCUT2D eigenvalue weighted by atomic mass is 16.5. The molecule has 0 bridgehead atoms. The fourth-order valence-corrected chi connectivity index (χ4v) is 4.80. The van der Waals surface area contributed by atoms with Gasteiger partial charge in [0.2, 0.25) is 0 Å². The van der Waals surface area contributed by atoms with Gasteiger partial charge in [-0.1, -0.05) is 17.7 Å². The number of ether oxygens (including phenoxy) is 1. The lowest BCUT2D eigenvalue weighted by Crippen LogP contribution is -2.34. The summed E-state index contributed by atoms with van der Waals surface area (Å²) >= 11 is 0. The van der Waals surface area contributed by atoms with Crippen molar-refractivity contribution in [2.24, 2.45) is 11.0 Å². The summed E-state index contributed by atoms with van der Waals surface area (Å²) in [7, 11) is 0. The molecule has 2 unspecified atom stereocenters. The Morgan fingerprint density at radius 1 is 1.15 bits per heavy atom. The van der Waals surface area contributed by atoms with Crippen LogP contribution in [0.2, 0.25) is 0 Å². The van der Waals surface area contributed by atoms with E-state index in [1.165, 1.54) is 5.01 Å². The Morgan fingerprint density at radius 2 is 1.97 bits per heavy atom. The van der Waals surface area contributed by atoms with Crippen molar-refractivity contribution in [2.75, 3.05) is 6.61 Å². The topological polar surface area (TPSA) is 85.3 Å². The van der Waals surface area contributed by atoms with E-state index in [-0.39, 0.29) is 12.0 Å². The van der Waals surface area contributed by atoms with Crippen LogP contribution in [0.15, 0.2) is 74.5 Å². The molecule has 1 aliphatic heterocycles. The number of esters is 1. The zero-order valence-corrected chi connectivity index (χ0v) is 19.2. The molecule has 1 amide bonds. The molecular weight excluding hydrogens is 432 g/mol. The monoisotopic (exact) mass is 458 g/mol. The van der Waals surface area contributed by atoms with Crippen LogP contribution in [0.1, 0.15) is 58.3 Å². The van der Waals surface area contributed by atoms with Crippen LogP contribution < -0.4 is 0 Å². The molecule has 1 aliphatic carbocycles. The number of nitrogens with zero attached hydrogens (tertiary/aromatic N) is 2. The fraction of sp³-hybridized carbons (Fsp3) is 0.296. The van der Waals surface area contributed by atoms with Crippen molar-refractivity contribution in [3.8, 4) is 0 Å². The lowest BCUT2D eigenvalue weighted by Gasteiger charge is -2.27. The Balaban J connectivity index is 1.39. The van der Waals surface area contributed by atoms with E-state index in [9.17, 15) is 9.59 Å². The lowest BCUT2D eigenvalue weighted by molar-refractivity contribution is -0.137. The van der Waals surface area contributed by atoms with Crippen molar-refractivity contribution in [2.45, 2.75) is 39.2 Å². The van der Waals surface area contributed by atoms with E-state index in [2.05, 4.69) is 0 Å². The van der Waals surface area contributed by atoms with Gasteiger partial charge in [-0.2, -0.15) is 5.10 Å². The second kappa shape index (κ2) is 9.17. The summed E-state index contributed by atoms with van der Waals surface area (Å²) in [6.07, 6.45) is 7.92. The van der Waals surface area contributed by atoms with E-state index in [0.717, 1.165) is 47.4 Å². The summed E-state index contributed by atoms with van der Waals surface area (Å²) in [5.74, 6) is 0.499. The van der Waals surface area contributed by atoms with Gasteiger partial charge in [-0.25, -0.2) is 9.80 Å². The van der Waals surface area contributed by atoms with Crippen LogP contribution in [0.4, 0.5) is 0 Å². The maximum Gasteiger partial charge on any atom is 0.338 e. The summed E-state index contributed by atoms with van der Waals surface area (Å²) in [6, 6.07) is 12.5. The molecule has 7 heteroatoms. The molecule has 174 valence electrons. The molecule has 0 spiro atoms. The minimum absolute atomic E-state index is 0.0000989. The first kappa shape index (κ1) is 21.9. The molecule has 3 aromatic rings. The number of carbonyl (C=O) groups is 2. The van der Waals surface area contributed by atoms with Gasteiger partial charge in [-0.15, -0.1) is 0 Å². The summed E-state index contributed by atoms with van der Waals surface area (Å²) < 4.78 is 16.6. The lowest BCUT2D eigenvalue weighted by atomic mass is 9.79. The molecule has 1 saturated carbocycles. The molecule has 2 aromatic heterocycles. The smallest absolute Gasteiger partial charge is 0.338 e. The van der Waals surface area contributed by atoms with E-state index in [4.69, 9.17) is 18.7 Å². The molecule has 5 rings (SSSR count). The van der Waals surface area contributed by atoms with Gasteiger partial charge < -0.3 is 13.6 Å².